The van der Waals surface area contributed by atoms with Gasteiger partial charge in [-0.1, -0.05) is 31.2 Å². The van der Waals surface area contributed by atoms with Crippen LogP contribution in [0.1, 0.15) is 42.0 Å². The molecular formula is C19H24N4. The van der Waals surface area contributed by atoms with Gasteiger partial charge in [-0.05, 0) is 31.7 Å². The molecule has 0 fully saturated rings. The van der Waals surface area contributed by atoms with Crippen LogP contribution in [0.2, 0.25) is 0 Å². The number of nitrogens with zero attached hydrogens (tertiary/aromatic N) is 3. The van der Waals surface area contributed by atoms with Crippen LogP contribution in [0.3, 0.4) is 0 Å². The topological polar surface area (TPSA) is 42.7 Å². The monoisotopic (exact) mass is 308 g/mol. The third kappa shape index (κ3) is 3.13. The number of benzene rings is 1. The Morgan fingerprint density at radius 1 is 1.17 bits per heavy atom. The lowest BCUT2D eigenvalue weighted by molar-refractivity contribution is 0.509. The Kier molecular flexibility index (Phi) is 4.44. The summed E-state index contributed by atoms with van der Waals surface area (Å²) in [6.07, 6.45) is 2.98. The van der Waals surface area contributed by atoms with Gasteiger partial charge in [0.15, 0.2) is 0 Å². The highest BCUT2D eigenvalue weighted by molar-refractivity contribution is 5.81. The van der Waals surface area contributed by atoms with Crippen LogP contribution in [-0.4, -0.2) is 14.8 Å². The molecular weight excluding hydrogens is 284 g/mol. The molecule has 0 spiro atoms. The molecule has 4 nitrogen and oxygen atoms in total. The zero-order chi connectivity index (χ0) is 16.4. The van der Waals surface area contributed by atoms with E-state index < -0.39 is 0 Å². The SMILES string of the molecule is CCC(NCc1cc2ccccc2cn1)c1c(C)nn(C)c1C. The minimum Gasteiger partial charge on any atom is -0.304 e. The minimum atomic E-state index is 0.303. The van der Waals surface area contributed by atoms with E-state index in [1.165, 1.54) is 22.0 Å². The van der Waals surface area contributed by atoms with Crippen molar-refractivity contribution in [2.24, 2.45) is 7.05 Å². The number of rotatable bonds is 5. The first-order chi connectivity index (χ1) is 11.1. The van der Waals surface area contributed by atoms with Gasteiger partial charge in [-0.2, -0.15) is 5.10 Å². The lowest BCUT2D eigenvalue weighted by Gasteiger charge is -2.18. The van der Waals surface area contributed by atoms with Crippen LogP contribution in [0.25, 0.3) is 10.8 Å². The molecule has 0 bridgehead atoms. The molecule has 1 aromatic carbocycles. The van der Waals surface area contributed by atoms with E-state index in [1.807, 2.05) is 24.0 Å². The fraction of sp³-hybridized carbons (Fsp3) is 0.368. The van der Waals surface area contributed by atoms with Crippen molar-refractivity contribution in [3.05, 3.63) is 59.2 Å². The van der Waals surface area contributed by atoms with Crippen molar-refractivity contribution in [1.29, 1.82) is 0 Å². The Hall–Kier alpha value is -2.20. The van der Waals surface area contributed by atoms with Crippen LogP contribution in [0, 0.1) is 13.8 Å². The number of nitrogens with one attached hydrogen (secondary N) is 1. The zero-order valence-corrected chi connectivity index (χ0v) is 14.3. The molecule has 0 radical (unpaired) electrons. The van der Waals surface area contributed by atoms with Crippen LogP contribution in [0.4, 0.5) is 0 Å². The van der Waals surface area contributed by atoms with Crippen molar-refractivity contribution in [2.75, 3.05) is 0 Å². The fourth-order valence-electron chi connectivity index (χ4n) is 3.20. The Labute approximate surface area is 137 Å². The molecule has 0 saturated heterocycles. The maximum absolute atomic E-state index is 4.57. The number of hydrogen-bond donors (Lipinski definition) is 1. The van der Waals surface area contributed by atoms with Crippen LogP contribution in [0.15, 0.2) is 36.5 Å². The van der Waals surface area contributed by atoms with E-state index in [1.54, 1.807) is 0 Å². The Bertz CT molecular complexity index is 819. The maximum atomic E-state index is 4.57. The molecule has 0 aliphatic heterocycles. The highest BCUT2D eigenvalue weighted by atomic mass is 15.3. The second-order valence-electron chi connectivity index (χ2n) is 6.07. The largest absolute Gasteiger partial charge is 0.304 e. The maximum Gasteiger partial charge on any atom is 0.0644 e. The molecule has 0 amide bonds. The second-order valence-corrected chi connectivity index (χ2v) is 6.07. The first-order valence-electron chi connectivity index (χ1n) is 8.17. The van der Waals surface area contributed by atoms with Gasteiger partial charge in [0.05, 0.1) is 11.4 Å². The number of aromatic nitrogens is 3. The van der Waals surface area contributed by atoms with Crippen molar-refractivity contribution < 1.29 is 0 Å². The van der Waals surface area contributed by atoms with Gasteiger partial charge in [0, 0.05) is 42.5 Å². The van der Waals surface area contributed by atoms with Crippen molar-refractivity contribution in [2.45, 2.75) is 39.8 Å². The lowest BCUT2D eigenvalue weighted by atomic mass is 10.0. The first-order valence-corrected chi connectivity index (χ1v) is 8.17. The van der Waals surface area contributed by atoms with Crippen molar-refractivity contribution in [3.8, 4) is 0 Å². The molecule has 0 aliphatic rings. The molecule has 1 atom stereocenters. The Morgan fingerprint density at radius 2 is 1.91 bits per heavy atom. The molecule has 0 aliphatic carbocycles. The summed E-state index contributed by atoms with van der Waals surface area (Å²) in [4.78, 5) is 4.57. The second kappa shape index (κ2) is 6.50. The average Bonchev–Trinajstić information content (AvgIpc) is 2.81. The van der Waals surface area contributed by atoms with Gasteiger partial charge >= 0.3 is 0 Å². The minimum absolute atomic E-state index is 0.303. The summed E-state index contributed by atoms with van der Waals surface area (Å²) in [5, 5.41) is 10.6. The molecule has 2 heterocycles. The van der Waals surface area contributed by atoms with E-state index in [-0.39, 0.29) is 0 Å². The molecule has 1 N–H and O–H groups in total. The van der Waals surface area contributed by atoms with E-state index in [9.17, 15) is 0 Å². The van der Waals surface area contributed by atoms with E-state index in [0.29, 0.717) is 6.04 Å². The Morgan fingerprint density at radius 3 is 2.57 bits per heavy atom. The van der Waals surface area contributed by atoms with Crippen molar-refractivity contribution in [3.63, 3.8) is 0 Å². The molecule has 4 heteroatoms. The summed E-state index contributed by atoms with van der Waals surface area (Å²) in [6, 6.07) is 10.8. The predicted molar refractivity (Wildman–Crippen MR) is 94.3 cm³/mol. The summed E-state index contributed by atoms with van der Waals surface area (Å²) in [6.45, 7) is 7.18. The van der Waals surface area contributed by atoms with Gasteiger partial charge in [0.1, 0.15) is 0 Å². The van der Waals surface area contributed by atoms with Crippen molar-refractivity contribution in [1.82, 2.24) is 20.1 Å². The molecule has 0 saturated carbocycles. The molecule has 120 valence electrons. The van der Waals surface area contributed by atoms with Gasteiger partial charge in [0.25, 0.3) is 0 Å². The lowest BCUT2D eigenvalue weighted by Crippen LogP contribution is -2.22. The van der Waals surface area contributed by atoms with Gasteiger partial charge in [-0.15, -0.1) is 0 Å². The summed E-state index contributed by atoms with van der Waals surface area (Å²) >= 11 is 0. The number of hydrogen-bond acceptors (Lipinski definition) is 3. The van der Waals surface area contributed by atoms with E-state index >= 15 is 0 Å². The third-order valence-electron chi connectivity index (χ3n) is 4.54. The quantitative estimate of drug-likeness (QED) is 0.779. The van der Waals surface area contributed by atoms with E-state index in [2.05, 4.69) is 60.4 Å². The standard InChI is InChI=1S/C19H24N4/c1-5-18(19-13(2)22-23(4)14(19)3)21-12-17-10-15-8-6-7-9-16(15)11-20-17/h6-11,18,21H,5,12H2,1-4H3. The smallest absolute Gasteiger partial charge is 0.0644 e. The average molecular weight is 308 g/mol. The Balaban J connectivity index is 1.79. The summed E-state index contributed by atoms with van der Waals surface area (Å²) in [5.41, 5.74) is 4.72. The summed E-state index contributed by atoms with van der Waals surface area (Å²) < 4.78 is 1.96. The van der Waals surface area contributed by atoms with Crippen LogP contribution >= 0.6 is 0 Å². The number of fused-ring (bicyclic) bond motifs is 1. The van der Waals surface area contributed by atoms with Gasteiger partial charge < -0.3 is 5.32 Å². The summed E-state index contributed by atoms with van der Waals surface area (Å²) in [7, 11) is 2.00. The predicted octanol–water partition coefficient (Wildman–Crippen LogP) is 3.83. The highest BCUT2D eigenvalue weighted by Gasteiger charge is 2.18. The normalized spacial score (nSPS) is 12.7. The highest BCUT2D eigenvalue weighted by Crippen LogP contribution is 2.24. The van der Waals surface area contributed by atoms with Gasteiger partial charge in [-0.25, -0.2) is 0 Å². The number of pyridine rings is 1. The van der Waals surface area contributed by atoms with Crippen LogP contribution < -0.4 is 5.32 Å². The molecule has 23 heavy (non-hydrogen) atoms. The van der Waals surface area contributed by atoms with Crippen LogP contribution in [-0.2, 0) is 13.6 Å². The van der Waals surface area contributed by atoms with E-state index in [4.69, 9.17) is 0 Å². The van der Waals surface area contributed by atoms with Gasteiger partial charge in [-0.3, -0.25) is 9.67 Å². The van der Waals surface area contributed by atoms with Crippen LogP contribution in [0.5, 0.6) is 0 Å². The zero-order valence-electron chi connectivity index (χ0n) is 14.3. The van der Waals surface area contributed by atoms with Crippen molar-refractivity contribution >= 4 is 10.8 Å². The molecule has 3 rings (SSSR count). The molecule has 3 aromatic rings. The molecule has 2 aromatic heterocycles. The number of aryl methyl sites for hydroxylation is 2. The fourth-order valence-corrected chi connectivity index (χ4v) is 3.20. The van der Waals surface area contributed by atoms with E-state index in [0.717, 1.165) is 24.4 Å². The van der Waals surface area contributed by atoms with Gasteiger partial charge in [0.2, 0.25) is 0 Å². The summed E-state index contributed by atoms with van der Waals surface area (Å²) in [5.74, 6) is 0. The third-order valence-corrected chi connectivity index (χ3v) is 4.54. The molecule has 1 unspecified atom stereocenters. The first kappa shape index (κ1) is 15.7.